The van der Waals surface area contributed by atoms with Gasteiger partial charge in [0.15, 0.2) is 0 Å². The summed E-state index contributed by atoms with van der Waals surface area (Å²) < 4.78 is 3.58. The van der Waals surface area contributed by atoms with Crippen LogP contribution >= 0.6 is 11.5 Å². The number of hydrogen-bond donors (Lipinski definition) is 1. The Balaban J connectivity index is 2.79. The first-order chi connectivity index (χ1) is 5.52. The second-order valence-electron chi connectivity index (χ2n) is 3.12. The summed E-state index contributed by atoms with van der Waals surface area (Å²) in [6.45, 7) is 3.62. The first-order valence-corrected chi connectivity index (χ1v) is 4.17. The molecule has 12 heavy (non-hydrogen) atoms. The number of rotatable bonds is 3. The van der Waals surface area contributed by atoms with Crippen LogP contribution in [0.15, 0.2) is 0 Å². The normalized spacial score (nSPS) is 11.5. The zero-order chi connectivity index (χ0) is 9.19. The molecular weight excluding hydrogens is 178 g/mol. The van der Waals surface area contributed by atoms with Gasteiger partial charge >= 0.3 is 5.97 Å². The second kappa shape index (κ2) is 3.14. The van der Waals surface area contributed by atoms with Crippen molar-refractivity contribution in [1.82, 2.24) is 14.8 Å². The SMILES string of the molecule is CC(C)(CC(=O)O)c1nnns1. The molecule has 5 nitrogen and oxygen atoms in total. The maximum Gasteiger partial charge on any atom is 0.304 e. The smallest absolute Gasteiger partial charge is 0.304 e. The molecule has 0 fully saturated rings. The number of aliphatic carboxylic acids is 1. The molecule has 0 saturated heterocycles. The van der Waals surface area contributed by atoms with Crippen LogP contribution in [-0.2, 0) is 10.2 Å². The highest BCUT2D eigenvalue weighted by atomic mass is 32.1. The third-order valence-electron chi connectivity index (χ3n) is 1.47. The van der Waals surface area contributed by atoms with Gasteiger partial charge in [-0.15, -0.1) is 5.10 Å². The predicted molar refractivity (Wildman–Crippen MR) is 43.0 cm³/mol. The molecule has 0 aliphatic carbocycles. The summed E-state index contributed by atoms with van der Waals surface area (Å²) in [5, 5.41) is 16.4. The summed E-state index contributed by atoms with van der Waals surface area (Å²) in [7, 11) is 0. The van der Waals surface area contributed by atoms with Crippen LogP contribution in [0.3, 0.4) is 0 Å². The molecule has 1 aromatic rings. The van der Waals surface area contributed by atoms with Gasteiger partial charge in [0.25, 0.3) is 0 Å². The molecule has 0 saturated carbocycles. The maximum atomic E-state index is 10.4. The van der Waals surface area contributed by atoms with E-state index in [1.807, 2.05) is 13.8 Å². The molecule has 66 valence electrons. The highest BCUT2D eigenvalue weighted by Crippen LogP contribution is 2.26. The lowest BCUT2D eigenvalue weighted by molar-refractivity contribution is -0.138. The number of aromatic nitrogens is 3. The number of hydrogen-bond acceptors (Lipinski definition) is 5. The minimum absolute atomic E-state index is 0.0455. The largest absolute Gasteiger partial charge is 0.481 e. The molecule has 0 radical (unpaired) electrons. The molecule has 0 atom stereocenters. The van der Waals surface area contributed by atoms with Gasteiger partial charge in [-0.2, -0.15) is 0 Å². The highest BCUT2D eigenvalue weighted by molar-refractivity contribution is 7.05. The zero-order valence-electron chi connectivity index (χ0n) is 6.81. The monoisotopic (exact) mass is 187 g/mol. The molecule has 6 heteroatoms. The lowest BCUT2D eigenvalue weighted by Gasteiger charge is -2.16. The Morgan fingerprint density at radius 2 is 2.33 bits per heavy atom. The van der Waals surface area contributed by atoms with Crippen molar-refractivity contribution in [3.8, 4) is 0 Å². The van der Waals surface area contributed by atoms with Crippen molar-refractivity contribution in [2.45, 2.75) is 25.7 Å². The summed E-state index contributed by atoms with van der Waals surface area (Å²) in [6, 6.07) is 0. The van der Waals surface area contributed by atoms with Crippen molar-refractivity contribution < 1.29 is 9.90 Å². The van der Waals surface area contributed by atoms with Crippen molar-refractivity contribution in [3.05, 3.63) is 5.01 Å². The quantitative estimate of drug-likeness (QED) is 0.753. The van der Waals surface area contributed by atoms with Crippen LogP contribution in [0.25, 0.3) is 0 Å². The van der Waals surface area contributed by atoms with Crippen molar-refractivity contribution in [2.24, 2.45) is 0 Å². The van der Waals surface area contributed by atoms with E-state index in [0.29, 0.717) is 5.01 Å². The maximum absolute atomic E-state index is 10.4. The Morgan fingerprint density at radius 1 is 1.67 bits per heavy atom. The molecule has 0 amide bonds. The number of carboxylic acid groups (broad SMARTS) is 1. The first-order valence-electron chi connectivity index (χ1n) is 3.40. The van der Waals surface area contributed by atoms with E-state index in [4.69, 9.17) is 5.11 Å². The van der Waals surface area contributed by atoms with Gasteiger partial charge in [-0.1, -0.05) is 18.3 Å². The Labute approximate surface area is 73.6 Å². The van der Waals surface area contributed by atoms with Gasteiger partial charge in [0.2, 0.25) is 0 Å². The van der Waals surface area contributed by atoms with E-state index >= 15 is 0 Å². The van der Waals surface area contributed by atoms with Gasteiger partial charge in [-0.3, -0.25) is 4.79 Å². The van der Waals surface area contributed by atoms with E-state index in [1.165, 1.54) is 0 Å². The van der Waals surface area contributed by atoms with Crippen molar-refractivity contribution in [2.75, 3.05) is 0 Å². The molecule has 1 heterocycles. The van der Waals surface area contributed by atoms with Crippen LogP contribution < -0.4 is 0 Å². The molecule has 0 unspecified atom stereocenters. The molecule has 0 bridgehead atoms. The third kappa shape index (κ3) is 1.97. The van der Waals surface area contributed by atoms with Gasteiger partial charge in [-0.05, 0) is 5.21 Å². The lowest BCUT2D eigenvalue weighted by Crippen LogP contribution is -2.21. The number of nitrogens with zero attached hydrogens (tertiary/aromatic N) is 3. The summed E-state index contributed by atoms with van der Waals surface area (Å²) in [5.41, 5.74) is -0.472. The van der Waals surface area contributed by atoms with E-state index in [1.54, 1.807) is 0 Å². The topological polar surface area (TPSA) is 76.0 Å². The van der Waals surface area contributed by atoms with E-state index in [9.17, 15) is 4.79 Å². The number of carboxylic acids is 1. The fourth-order valence-corrected chi connectivity index (χ4v) is 1.39. The van der Waals surface area contributed by atoms with Gasteiger partial charge in [-0.25, -0.2) is 0 Å². The van der Waals surface area contributed by atoms with E-state index in [2.05, 4.69) is 14.8 Å². The predicted octanol–water partition coefficient (Wildman–Crippen LogP) is 0.685. The fourth-order valence-electron chi connectivity index (χ4n) is 0.847. The van der Waals surface area contributed by atoms with Crippen LogP contribution in [0.2, 0.25) is 0 Å². The van der Waals surface area contributed by atoms with Crippen LogP contribution in [-0.4, -0.2) is 25.9 Å². The van der Waals surface area contributed by atoms with Crippen molar-refractivity contribution in [1.29, 1.82) is 0 Å². The zero-order valence-corrected chi connectivity index (χ0v) is 7.63. The average molecular weight is 187 g/mol. The van der Waals surface area contributed by atoms with Gasteiger partial charge in [0.05, 0.1) is 6.42 Å². The highest BCUT2D eigenvalue weighted by Gasteiger charge is 2.27. The molecule has 0 spiro atoms. The van der Waals surface area contributed by atoms with E-state index < -0.39 is 11.4 Å². The Bertz CT molecular complexity index is 270. The van der Waals surface area contributed by atoms with Crippen LogP contribution in [0.1, 0.15) is 25.3 Å². The fraction of sp³-hybridized carbons (Fsp3) is 0.667. The summed E-state index contributed by atoms with van der Waals surface area (Å²) in [5.74, 6) is -0.838. The summed E-state index contributed by atoms with van der Waals surface area (Å²) in [6.07, 6.45) is 0.0455. The molecular formula is C6H9N3O2S. The molecule has 1 rings (SSSR count). The molecule has 0 aliphatic heterocycles. The minimum Gasteiger partial charge on any atom is -0.481 e. The standard InChI is InChI=1S/C6H9N3O2S/c1-6(2,3-4(10)11)5-7-8-9-12-5/h3H2,1-2H3,(H,10,11). The lowest BCUT2D eigenvalue weighted by atomic mass is 9.90. The molecule has 1 N–H and O–H groups in total. The third-order valence-corrected chi connectivity index (χ3v) is 2.43. The van der Waals surface area contributed by atoms with Gasteiger partial charge in [0, 0.05) is 16.9 Å². The average Bonchev–Trinajstić information content (AvgIpc) is 2.32. The number of carbonyl (C=O) groups is 1. The molecule has 0 aromatic carbocycles. The Morgan fingerprint density at radius 3 is 2.75 bits per heavy atom. The summed E-state index contributed by atoms with van der Waals surface area (Å²) in [4.78, 5) is 10.4. The van der Waals surface area contributed by atoms with E-state index in [0.717, 1.165) is 11.5 Å². The van der Waals surface area contributed by atoms with Gasteiger partial charge < -0.3 is 5.11 Å². The van der Waals surface area contributed by atoms with Gasteiger partial charge in [0.1, 0.15) is 5.01 Å². The minimum atomic E-state index is -0.838. The first kappa shape index (κ1) is 9.05. The Hall–Kier alpha value is -1.04. The summed E-state index contributed by atoms with van der Waals surface area (Å²) >= 11 is 1.14. The molecule has 0 aliphatic rings. The van der Waals surface area contributed by atoms with Crippen molar-refractivity contribution >= 4 is 17.5 Å². The van der Waals surface area contributed by atoms with Crippen molar-refractivity contribution in [3.63, 3.8) is 0 Å². The Kier molecular flexibility index (Phi) is 2.37. The second-order valence-corrected chi connectivity index (χ2v) is 3.85. The van der Waals surface area contributed by atoms with E-state index in [-0.39, 0.29) is 6.42 Å². The van der Waals surface area contributed by atoms with Crippen LogP contribution in [0, 0.1) is 0 Å². The van der Waals surface area contributed by atoms with Crippen LogP contribution in [0.4, 0.5) is 0 Å². The van der Waals surface area contributed by atoms with Crippen LogP contribution in [0.5, 0.6) is 0 Å². The molecule has 1 aromatic heterocycles.